The smallest absolute Gasteiger partial charge is 0.210 e. The van der Waals surface area contributed by atoms with Crippen molar-refractivity contribution in [1.29, 1.82) is 0 Å². The lowest BCUT2D eigenvalue weighted by Crippen LogP contribution is -2.29. The van der Waals surface area contributed by atoms with Crippen LogP contribution in [-0.4, -0.2) is 75.6 Å². The molecule has 0 saturated carbocycles. The molecule has 0 spiro atoms. The Bertz CT molecular complexity index is 2090. The minimum atomic E-state index is 0.644. The molecule has 4 aromatic carbocycles. The minimum absolute atomic E-state index is 0.644. The molecule has 328 valence electrons. The Morgan fingerprint density at radius 1 is 0.623 bits per heavy atom. The molecule has 0 bridgehead atoms. The first-order chi connectivity index (χ1) is 29.8. The molecule has 0 radical (unpaired) electrons. The van der Waals surface area contributed by atoms with Gasteiger partial charge in [-0.25, -0.2) is 4.99 Å². The van der Waals surface area contributed by atoms with Crippen LogP contribution in [0.5, 0.6) is 23.0 Å². The SMILES string of the molecule is CCCCSC1CCc2ccc(N)cc21.CCCCSC1CCc2ccc(N=CN3CCc4cc(OC)c(OC)cc4C3)cc21.COc1cc2c(cc1OC)CN(C=O)CC2. The van der Waals surface area contributed by atoms with Crippen molar-refractivity contribution in [3.63, 3.8) is 0 Å². The van der Waals surface area contributed by atoms with Gasteiger partial charge in [-0.3, -0.25) is 4.79 Å². The molecule has 4 aromatic rings. The zero-order valence-electron chi connectivity index (χ0n) is 37.2. The maximum Gasteiger partial charge on any atom is 0.210 e. The van der Waals surface area contributed by atoms with Crippen LogP contribution in [0.4, 0.5) is 11.4 Å². The Balaban J connectivity index is 0.000000169. The Labute approximate surface area is 373 Å². The van der Waals surface area contributed by atoms with Crippen molar-refractivity contribution in [2.45, 2.75) is 102 Å². The van der Waals surface area contributed by atoms with E-state index in [0.29, 0.717) is 22.8 Å². The van der Waals surface area contributed by atoms with E-state index in [-0.39, 0.29) is 0 Å². The van der Waals surface area contributed by atoms with Crippen molar-refractivity contribution >= 4 is 47.6 Å². The first-order valence-corrected chi connectivity index (χ1v) is 24.1. The van der Waals surface area contributed by atoms with E-state index in [1.54, 1.807) is 33.3 Å². The van der Waals surface area contributed by atoms with Gasteiger partial charge in [0.25, 0.3) is 0 Å². The number of anilines is 1. The second-order valence-corrected chi connectivity index (χ2v) is 18.7. The zero-order valence-corrected chi connectivity index (χ0v) is 38.8. The van der Waals surface area contributed by atoms with Crippen molar-refractivity contribution in [2.24, 2.45) is 4.99 Å². The van der Waals surface area contributed by atoms with Crippen LogP contribution in [0.3, 0.4) is 0 Å². The molecule has 2 aliphatic heterocycles. The van der Waals surface area contributed by atoms with E-state index < -0.39 is 0 Å². The summed E-state index contributed by atoms with van der Waals surface area (Å²) in [6, 6.07) is 21.3. The molecule has 0 aromatic heterocycles. The van der Waals surface area contributed by atoms with Crippen LogP contribution in [0.15, 0.2) is 65.7 Å². The standard InChI is InChI=1S/C25H32N2O2S.C13H19NS.C12H15NO3/c1-4-5-12-30-25-9-7-18-6-8-21(15-22(18)25)26-17-27-11-10-19-13-23(28-2)24(29-3)14-20(19)16-27;1-2-3-8-15-13-7-5-10-4-6-11(14)9-12(10)13;1-15-11-5-9-3-4-13(8-14)7-10(9)6-12(11)16-2/h6,8,13-15,17,25H,4-5,7,9-12,16H2,1-3H3;4,6,9,13H,2-3,5,7-8,14H2,1H3;5-6,8H,3-4,7H2,1-2H3. The van der Waals surface area contributed by atoms with Gasteiger partial charge < -0.3 is 34.5 Å². The molecule has 2 unspecified atom stereocenters. The molecule has 61 heavy (non-hydrogen) atoms. The van der Waals surface area contributed by atoms with E-state index in [9.17, 15) is 4.79 Å². The number of hydrogen-bond acceptors (Lipinski definition) is 9. The second-order valence-electron chi connectivity index (χ2n) is 16.1. The summed E-state index contributed by atoms with van der Waals surface area (Å²) in [5, 5.41) is 1.35. The van der Waals surface area contributed by atoms with Gasteiger partial charge in [0.05, 0.1) is 40.5 Å². The third-order valence-corrected chi connectivity index (χ3v) is 14.8. The molecule has 8 rings (SSSR count). The maximum atomic E-state index is 10.7. The predicted octanol–water partition coefficient (Wildman–Crippen LogP) is 11.0. The van der Waals surface area contributed by atoms with Crippen molar-refractivity contribution in [2.75, 3.05) is 58.8 Å². The lowest BCUT2D eigenvalue weighted by molar-refractivity contribution is -0.118. The number of carbonyl (C=O) groups is 1. The number of rotatable bonds is 15. The second kappa shape index (κ2) is 23.1. The summed E-state index contributed by atoms with van der Waals surface area (Å²) >= 11 is 4.22. The highest BCUT2D eigenvalue weighted by atomic mass is 32.2. The summed E-state index contributed by atoms with van der Waals surface area (Å²) in [4.78, 5) is 19.6. The average Bonchev–Trinajstić information content (AvgIpc) is 3.90. The zero-order chi connectivity index (χ0) is 43.1. The summed E-state index contributed by atoms with van der Waals surface area (Å²) in [6.07, 6.45) is 15.0. The third kappa shape index (κ3) is 12.1. The maximum absolute atomic E-state index is 10.7. The number of ether oxygens (including phenoxy) is 4. The lowest BCUT2D eigenvalue weighted by atomic mass is 9.99. The van der Waals surface area contributed by atoms with Gasteiger partial charge in [0.2, 0.25) is 6.41 Å². The lowest BCUT2D eigenvalue weighted by Gasteiger charge is -2.27. The fourth-order valence-electron chi connectivity index (χ4n) is 8.45. The molecule has 2 heterocycles. The number of carbonyl (C=O) groups excluding carboxylic acids is 1. The normalized spacial score (nSPS) is 17.2. The Hall–Kier alpha value is -4.48. The molecular formula is C50H66N4O5S2. The number of amides is 1. The summed E-state index contributed by atoms with van der Waals surface area (Å²) in [6.45, 7) is 7.75. The molecule has 2 N–H and O–H groups in total. The number of nitrogens with zero attached hydrogens (tertiary/aromatic N) is 3. The molecule has 2 aliphatic carbocycles. The molecule has 9 nitrogen and oxygen atoms in total. The molecular weight excluding hydrogens is 801 g/mol. The Morgan fingerprint density at radius 3 is 1.61 bits per heavy atom. The average molecular weight is 867 g/mol. The first-order valence-electron chi connectivity index (χ1n) is 22.0. The fourth-order valence-corrected chi connectivity index (χ4v) is 11.3. The third-order valence-electron chi connectivity index (χ3n) is 12.0. The van der Waals surface area contributed by atoms with Gasteiger partial charge in [0, 0.05) is 42.4 Å². The van der Waals surface area contributed by atoms with E-state index in [0.717, 1.165) is 73.1 Å². The summed E-state index contributed by atoms with van der Waals surface area (Å²) in [5.41, 5.74) is 18.8. The van der Waals surface area contributed by atoms with Crippen molar-refractivity contribution in [3.8, 4) is 23.0 Å². The monoisotopic (exact) mass is 866 g/mol. The van der Waals surface area contributed by atoms with Crippen molar-refractivity contribution in [1.82, 2.24) is 9.80 Å². The highest BCUT2D eigenvalue weighted by Gasteiger charge is 2.24. The van der Waals surface area contributed by atoms with Gasteiger partial charge in [-0.1, -0.05) is 38.8 Å². The largest absolute Gasteiger partial charge is 0.493 e. The number of hydrogen-bond donors (Lipinski definition) is 1. The van der Waals surface area contributed by atoms with Crippen molar-refractivity contribution in [3.05, 3.63) is 105 Å². The predicted molar refractivity (Wildman–Crippen MR) is 256 cm³/mol. The van der Waals surface area contributed by atoms with E-state index in [2.05, 4.69) is 84.7 Å². The topological polar surface area (TPSA) is 98.8 Å². The van der Waals surface area contributed by atoms with Crippen molar-refractivity contribution < 1.29 is 23.7 Å². The number of fused-ring (bicyclic) bond motifs is 4. The highest BCUT2D eigenvalue weighted by molar-refractivity contribution is 7.99. The fraction of sp³-hybridized carbons (Fsp3) is 0.480. The Morgan fingerprint density at radius 2 is 1.10 bits per heavy atom. The van der Waals surface area contributed by atoms with E-state index in [1.165, 1.54) is 102 Å². The molecule has 4 aliphatic rings. The van der Waals surface area contributed by atoms with Gasteiger partial charge in [0.15, 0.2) is 23.0 Å². The molecule has 11 heteroatoms. The molecule has 1 amide bonds. The Kier molecular flexibility index (Phi) is 17.4. The van der Waals surface area contributed by atoms with Crippen LogP contribution in [0.2, 0.25) is 0 Å². The number of aryl methyl sites for hydroxylation is 2. The van der Waals surface area contributed by atoms with Gasteiger partial charge >= 0.3 is 0 Å². The number of methoxy groups -OCH3 is 4. The van der Waals surface area contributed by atoms with E-state index in [1.807, 2.05) is 24.5 Å². The molecule has 2 atom stereocenters. The van der Waals surface area contributed by atoms with Gasteiger partial charge in [-0.05, 0) is 156 Å². The molecule has 0 fully saturated rings. The van der Waals surface area contributed by atoms with Gasteiger partial charge in [-0.15, -0.1) is 0 Å². The van der Waals surface area contributed by atoms with Gasteiger partial charge in [-0.2, -0.15) is 23.5 Å². The van der Waals surface area contributed by atoms with Crippen LogP contribution in [0, 0.1) is 0 Å². The number of aliphatic imine (C=N–C) groups is 1. The summed E-state index contributed by atoms with van der Waals surface area (Å²) < 4.78 is 21.4. The summed E-state index contributed by atoms with van der Waals surface area (Å²) in [7, 11) is 6.62. The number of nitrogens with two attached hydrogens (primary N) is 1. The van der Waals surface area contributed by atoms with Crippen LogP contribution < -0.4 is 24.7 Å². The van der Waals surface area contributed by atoms with Crippen LogP contribution in [0.1, 0.15) is 107 Å². The minimum Gasteiger partial charge on any atom is -0.493 e. The van der Waals surface area contributed by atoms with E-state index in [4.69, 9.17) is 29.7 Å². The van der Waals surface area contributed by atoms with Gasteiger partial charge in [0.1, 0.15) is 0 Å². The quantitative estimate of drug-likeness (QED) is 0.0412. The number of benzene rings is 4. The highest BCUT2D eigenvalue weighted by Crippen LogP contribution is 2.44. The number of thioether (sulfide) groups is 2. The van der Waals surface area contributed by atoms with E-state index >= 15 is 0 Å². The first kappa shape index (κ1) is 46.0. The van der Waals surface area contributed by atoms with Crippen LogP contribution in [0.25, 0.3) is 0 Å². The number of nitrogen functional groups attached to an aromatic ring is 1. The number of unbranched alkanes of at least 4 members (excludes halogenated alkanes) is 2. The summed E-state index contributed by atoms with van der Waals surface area (Å²) in [5.74, 6) is 5.61. The van der Waals surface area contributed by atoms with Crippen LogP contribution >= 0.6 is 23.5 Å². The molecule has 0 saturated heterocycles. The van der Waals surface area contributed by atoms with Crippen LogP contribution in [-0.2, 0) is 43.6 Å².